The van der Waals surface area contributed by atoms with Gasteiger partial charge in [0.05, 0.1) is 24.7 Å². The molecule has 4 rings (SSSR count). The van der Waals surface area contributed by atoms with Crippen LogP contribution in [0, 0.1) is 5.92 Å². The summed E-state index contributed by atoms with van der Waals surface area (Å²) < 4.78 is 13.0. The molecule has 0 unspecified atom stereocenters. The maximum Gasteiger partial charge on any atom is 0.174 e. The van der Waals surface area contributed by atoms with E-state index < -0.39 is 0 Å². The van der Waals surface area contributed by atoms with Crippen molar-refractivity contribution in [3.05, 3.63) is 62.6 Å². The molecule has 0 spiro atoms. The predicted octanol–water partition coefficient (Wildman–Crippen LogP) is 6.06. The molecule has 5 heteroatoms. The number of fused-ring (bicyclic) bond motifs is 3. The number of allylic oxidation sites excluding steroid dienone is 2. The zero-order chi connectivity index (χ0) is 17.6. The first-order chi connectivity index (χ1) is 12.1. The van der Waals surface area contributed by atoms with Crippen LogP contribution in [0.3, 0.4) is 0 Å². The van der Waals surface area contributed by atoms with E-state index in [0.717, 1.165) is 26.9 Å². The van der Waals surface area contributed by atoms with Gasteiger partial charge in [-0.15, -0.1) is 0 Å². The minimum atomic E-state index is 0.227. The summed E-state index contributed by atoms with van der Waals surface area (Å²) in [6.07, 6.45) is 5.72. The smallest absolute Gasteiger partial charge is 0.174 e. The van der Waals surface area contributed by atoms with E-state index in [-0.39, 0.29) is 6.04 Å². The highest BCUT2D eigenvalue weighted by Crippen LogP contribution is 2.51. The molecule has 0 aromatic heterocycles. The number of rotatable bonds is 3. The van der Waals surface area contributed by atoms with Crippen molar-refractivity contribution in [3.63, 3.8) is 0 Å². The van der Waals surface area contributed by atoms with Crippen LogP contribution in [-0.4, -0.2) is 14.2 Å². The normalized spacial score (nSPS) is 23.6. The lowest BCUT2D eigenvalue weighted by molar-refractivity contribution is 0.351. The highest BCUT2D eigenvalue weighted by Gasteiger charge is 2.38. The fourth-order valence-electron chi connectivity index (χ4n) is 4.01. The summed E-state index contributed by atoms with van der Waals surface area (Å²) >= 11 is 7.23. The monoisotopic (exact) mass is 463 g/mol. The number of hydrogen-bond donors (Lipinski definition) is 1. The Balaban J connectivity index is 1.79. The van der Waals surface area contributed by atoms with Crippen LogP contribution >= 0.6 is 31.9 Å². The molecular weight excluding hydrogens is 446 g/mol. The van der Waals surface area contributed by atoms with Gasteiger partial charge in [-0.25, -0.2) is 0 Å². The van der Waals surface area contributed by atoms with E-state index in [1.807, 2.05) is 0 Å². The van der Waals surface area contributed by atoms with Gasteiger partial charge in [-0.3, -0.25) is 0 Å². The van der Waals surface area contributed by atoms with Gasteiger partial charge in [0.2, 0.25) is 0 Å². The fourth-order valence-corrected chi connectivity index (χ4v) is 5.01. The Kier molecular flexibility index (Phi) is 4.54. The van der Waals surface area contributed by atoms with Gasteiger partial charge >= 0.3 is 0 Å². The largest absolute Gasteiger partial charge is 0.493 e. The topological polar surface area (TPSA) is 30.5 Å². The summed E-state index contributed by atoms with van der Waals surface area (Å²) in [5.41, 5.74) is 3.77. The first-order valence-corrected chi connectivity index (χ1v) is 9.85. The molecule has 0 bridgehead atoms. The van der Waals surface area contributed by atoms with Crippen molar-refractivity contribution in [3.8, 4) is 11.5 Å². The van der Waals surface area contributed by atoms with Crippen molar-refractivity contribution in [2.75, 3.05) is 19.5 Å². The summed E-state index contributed by atoms with van der Waals surface area (Å²) in [5.74, 6) is 2.41. The van der Waals surface area contributed by atoms with Crippen LogP contribution in [0.25, 0.3) is 0 Å². The van der Waals surface area contributed by atoms with Gasteiger partial charge in [0.15, 0.2) is 11.5 Å². The van der Waals surface area contributed by atoms with Crippen molar-refractivity contribution >= 4 is 37.5 Å². The first-order valence-electron chi connectivity index (χ1n) is 8.26. The van der Waals surface area contributed by atoms with Gasteiger partial charge in [-0.05, 0) is 69.7 Å². The third-order valence-corrected chi connectivity index (χ3v) is 6.22. The molecule has 0 amide bonds. The van der Waals surface area contributed by atoms with Crippen LogP contribution in [0.1, 0.15) is 29.5 Å². The van der Waals surface area contributed by atoms with E-state index in [0.29, 0.717) is 11.8 Å². The molecule has 0 saturated carbocycles. The maximum absolute atomic E-state index is 5.54. The third-order valence-electron chi connectivity index (χ3n) is 5.14. The summed E-state index contributed by atoms with van der Waals surface area (Å²) in [4.78, 5) is 0. The Morgan fingerprint density at radius 3 is 2.68 bits per heavy atom. The number of ether oxygens (including phenoxy) is 2. The molecule has 0 fully saturated rings. The quantitative estimate of drug-likeness (QED) is 0.560. The van der Waals surface area contributed by atoms with Crippen LogP contribution in [0.4, 0.5) is 5.69 Å². The van der Waals surface area contributed by atoms with Gasteiger partial charge in [-0.1, -0.05) is 28.1 Å². The number of halogens is 2. The summed E-state index contributed by atoms with van der Waals surface area (Å²) in [7, 11) is 3.33. The Morgan fingerprint density at radius 2 is 1.92 bits per heavy atom. The summed E-state index contributed by atoms with van der Waals surface area (Å²) in [6, 6.07) is 10.9. The van der Waals surface area contributed by atoms with Crippen LogP contribution in [-0.2, 0) is 0 Å². The van der Waals surface area contributed by atoms with Crippen molar-refractivity contribution in [1.29, 1.82) is 0 Å². The minimum absolute atomic E-state index is 0.227. The Morgan fingerprint density at radius 1 is 1.08 bits per heavy atom. The molecular formula is C20H19Br2NO2. The summed E-state index contributed by atoms with van der Waals surface area (Å²) in [5, 5.41) is 3.75. The molecule has 1 heterocycles. The third kappa shape index (κ3) is 2.87. The second kappa shape index (κ2) is 6.69. The molecule has 0 radical (unpaired) electrons. The van der Waals surface area contributed by atoms with Crippen LogP contribution < -0.4 is 14.8 Å². The van der Waals surface area contributed by atoms with Gasteiger partial charge in [-0.2, -0.15) is 0 Å². The molecule has 130 valence electrons. The lowest BCUT2D eigenvalue weighted by Gasteiger charge is -2.38. The molecule has 1 aliphatic carbocycles. The van der Waals surface area contributed by atoms with Crippen molar-refractivity contribution in [1.82, 2.24) is 0 Å². The highest BCUT2D eigenvalue weighted by molar-refractivity contribution is 9.10. The average Bonchev–Trinajstić information content (AvgIpc) is 3.10. The van der Waals surface area contributed by atoms with E-state index in [9.17, 15) is 0 Å². The van der Waals surface area contributed by atoms with E-state index >= 15 is 0 Å². The standard InChI is InChI=1S/C20H19Br2NO2/c1-24-18-9-11(8-16(22)20(18)25-2)19-14-5-3-4-13(14)15-10-12(21)6-7-17(15)23-19/h3-4,6-10,13-14,19,23H,5H2,1-2H3/t13-,14+,19+/m1/s1. The van der Waals surface area contributed by atoms with Crippen LogP contribution in [0.5, 0.6) is 11.5 Å². The number of methoxy groups -OCH3 is 2. The lowest BCUT2D eigenvalue weighted by atomic mass is 9.77. The van der Waals surface area contributed by atoms with Crippen LogP contribution in [0.2, 0.25) is 0 Å². The Labute approximate surface area is 164 Å². The number of benzene rings is 2. The number of hydrogen-bond acceptors (Lipinski definition) is 3. The molecule has 2 aliphatic rings. The molecule has 1 N–H and O–H groups in total. The van der Waals surface area contributed by atoms with E-state index in [1.165, 1.54) is 16.8 Å². The van der Waals surface area contributed by atoms with Crippen molar-refractivity contribution in [2.45, 2.75) is 18.4 Å². The molecule has 3 nitrogen and oxygen atoms in total. The fraction of sp³-hybridized carbons (Fsp3) is 0.300. The predicted molar refractivity (Wildman–Crippen MR) is 108 cm³/mol. The van der Waals surface area contributed by atoms with Gasteiger partial charge < -0.3 is 14.8 Å². The average molecular weight is 465 g/mol. The van der Waals surface area contributed by atoms with Gasteiger partial charge in [0.25, 0.3) is 0 Å². The SMILES string of the molecule is COc1cc([C@@H]2Nc3ccc(Br)cc3[C@@H]3C=CC[C@@H]32)cc(Br)c1OC. The van der Waals surface area contributed by atoms with Crippen molar-refractivity contribution < 1.29 is 9.47 Å². The second-order valence-electron chi connectivity index (χ2n) is 6.45. The first kappa shape index (κ1) is 17.0. The van der Waals surface area contributed by atoms with Gasteiger partial charge in [0.1, 0.15) is 0 Å². The lowest BCUT2D eigenvalue weighted by Crippen LogP contribution is -2.29. The zero-order valence-electron chi connectivity index (χ0n) is 14.1. The Hall–Kier alpha value is -1.46. The van der Waals surface area contributed by atoms with E-state index in [1.54, 1.807) is 14.2 Å². The van der Waals surface area contributed by atoms with Crippen LogP contribution in [0.15, 0.2) is 51.4 Å². The molecule has 25 heavy (non-hydrogen) atoms. The minimum Gasteiger partial charge on any atom is -0.493 e. The molecule has 2 aromatic carbocycles. The van der Waals surface area contributed by atoms with Gasteiger partial charge in [0, 0.05) is 16.1 Å². The molecule has 1 aliphatic heterocycles. The second-order valence-corrected chi connectivity index (χ2v) is 8.22. The highest BCUT2D eigenvalue weighted by atomic mass is 79.9. The molecule has 0 saturated heterocycles. The maximum atomic E-state index is 5.54. The zero-order valence-corrected chi connectivity index (χ0v) is 17.2. The Bertz CT molecular complexity index is 850. The van der Waals surface area contributed by atoms with E-state index in [4.69, 9.17) is 9.47 Å². The molecule has 3 atom stereocenters. The number of nitrogens with one attached hydrogen (secondary N) is 1. The molecule has 2 aromatic rings. The summed E-state index contributed by atoms with van der Waals surface area (Å²) in [6.45, 7) is 0. The number of anilines is 1. The van der Waals surface area contributed by atoms with Crippen molar-refractivity contribution in [2.24, 2.45) is 5.92 Å². The van der Waals surface area contributed by atoms with E-state index in [2.05, 4.69) is 79.7 Å².